The first-order valence-electron chi connectivity index (χ1n) is 8.32. The van der Waals surface area contributed by atoms with Gasteiger partial charge < -0.3 is 9.66 Å². The molecule has 0 saturated heterocycles. The van der Waals surface area contributed by atoms with E-state index in [1.807, 2.05) is 27.7 Å². The Balaban J connectivity index is 2.22. The molecule has 0 aliphatic carbocycles. The fraction of sp³-hybridized carbons (Fsp3) is 0.444. The molecule has 1 aromatic heterocycles. The largest absolute Gasteiger partial charge is 0.586 e. The number of hydrogen-bond donors (Lipinski definition) is 2. The van der Waals surface area contributed by atoms with Gasteiger partial charge in [-0.15, -0.1) is 0 Å². The van der Waals surface area contributed by atoms with Gasteiger partial charge in [0.25, 0.3) is 5.91 Å². The van der Waals surface area contributed by atoms with Crippen LogP contribution in [0.3, 0.4) is 0 Å². The molecule has 0 radical (unpaired) electrons. The lowest BCUT2D eigenvalue weighted by Crippen LogP contribution is -2.32. The number of thiazole rings is 1. The minimum atomic E-state index is -1.78. The Morgan fingerprint density at radius 2 is 1.88 bits per heavy atom. The van der Waals surface area contributed by atoms with Gasteiger partial charge in [0.1, 0.15) is 17.2 Å². The minimum Gasteiger partial charge on any atom is -0.586 e. The molecule has 1 unspecified atom stereocenters. The Bertz CT molecular complexity index is 749. The Kier molecular flexibility index (Phi) is 7.16. The molecule has 5 nitrogen and oxygen atoms in total. The third kappa shape index (κ3) is 5.03. The molecule has 1 aromatic carbocycles. The molecule has 0 spiro atoms. The molecule has 1 heterocycles. The van der Waals surface area contributed by atoms with Crippen LogP contribution < -0.4 is 4.72 Å². The van der Waals surface area contributed by atoms with Crippen molar-refractivity contribution in [1.29, 1.82) is 0 Å². The van der Waals surface area contributed by atoms with Crippen LogP contribution in [0.1, 0.15) is 61.1 Å². The molecule has 8 heteroatoms. The van der Waals surface area contributed by atoms with Crippen LogP contribution in [-0.4, -0.2) is 20.6 Å². The lowest BCUT2D eigenvalue weighted by Gasteiger charge is -2.19. The number of nitrogens with one attached hydrogen (secondary N) is 1. The second-order valence-corrected chi connectivity index (χ2v) is 9.10. The summed E-state index contributed by atoms with van der Waals surface area (Å²) < 4.78 is 28.9. The maximum atomic E-state index is 14.0. The topological polar surface area (TPSA) is 85.3 Å². The molecule has 2 N–H and O–H groups in total. The molecule has 142 valence electrons. The lowest BCUT2D eigenvalue weighted by atomic mass is 9.87. The van der Waals surface area contributed by atoms with Crippen LogP contribution >= 0.6 is 11.3 Å². The standard InChI is InChI=1S/C18H23FN2O3S2/c1-10(2)14-5-12(19)6-15(11(3)4)16(14)7-17(23)21-26(24)18-20-8-13(9-22)25-18/h5-6,8,10-11,22H,7,9H2,1-4H3,(H,21,23). The molecular formula is C18H23FN2O3S2. The number of aliphatic hydroxyl groups is 1. The summed E-state index contributed by atoms with van der Waals surface area (Å²) in [5, 5.41) is 9.05. The number of amides is 1. The van der Waals surface area contributed by atoms with E-state index in [2.05, 4.69) is 9.71 Å². The molecule has 0 bridgehead atoms. The number of halogens is 1. The van der Waals surface area contributed by atoms with Gasteiger partial charge in [-0.3, -0.25) is 4.79 Å². The van der Waals surface area contributed by atoms with Crippen LogP contribution in [0.25, 0.3) is 0 Å². The Hall–Kier alpha value is -1.48. The lowest BCUT2D eigenvalue weighted by molar-refractivity contribution is -0.118. The highest BCUT2D eigenvalue weighted by atomic mass is 32.2. The van der Waals surface area contributed by atoms with Gasteiger partial charge in [-0.2, -0.15) is 9.71 Å². The normalized spacial score (nSPS) is 12.7. The van der Waals surface area contributed by atoms with Crippen molar-refractivity contribution in [2.24, 2.45) is 0 Å². The summed E-state index contributed by atoms with van der Waals surface area (Å²) in [5.74, 6) is -0.617. The maximum absolute atomic E-state index is 14.0. The first kappa shape index (κ1) is 20.8. The van der Waals surface area contributed by atoms with Crippen molar-refractivity contribution in [2.45, 2.75) is 56.9 Å². The second kappa shape index (κ2) is 8.94. The van der Waals surface area contributed by atoms with Crippen molar-refractivity contribution >= 4 is 28.6 Å². The zero-order valence-corrected chi connectivity index (χ0v) is 16.8. The fourth-order valence-electron chi connectivity index (χ4n) is 2.71. The van der Waals surface area contributed by atoms with Crippen molar-refractivity contribution in [2.75, 3.05) is 0 Å². The number of aromatic nitrogens is 1. The zero-order valence-electron chi connectivity index (χ0n) is 15.2. The first-order chi connectivity index (χ1) is 12.2. The SMILES string of the molecule is CC(C)c1cc(F)cc(C(C)C)c1CC(=O)N[S+]([O-])c1ncc(CO)s1. The fourth-order valence-corrected chi connectivity index (χ4v) is 4.47. The van der Waals surface area contributed by atoms with Crippen LogP contribution in [0.4, 0.5) is 4.39 Å². The third-order valence-corrected chi connectivity index (χ3v) is 6.23. The summed E-state index contributed by atoms with van der Waals surface area (Å²) in [7, 11) is 0. The van der Waals surface area contributed by atoms with Crippen molar-refractivity contribution in [3.63, 3.8) is 0 Å². The van der Waals surface area contributed by atoms with E-state index in [0.717, 1.165) is 28.0 Å². The van der Waals surface area contributed by atoms with Crippen molar-refractivity contribution < 1.29 is 18.8 Å². The highest BCUT2D eigenvalue weighted by molar-refractivity contribution is 7.92. The quantitative estimate of drug-likeness (QED) is 0.700. The van der Waals surface area contributed by atoms with Gasteiger partial charge in [0.15, 0.2) is 0 Å². The summed E-state index contributed by atoms with van der Waals surface area (Å²) >= 11 is -0.703. The van der Waals surface area contributed by atoms with E-state index < -0.39 is 17.3 Å². The molecule has 1 atom stereocenters. The molecule has 26 heavy (non-hydrogen) atoms. The Morgan fingerprint density at radius 1 is 1.31 bits per heavy atom. The van der Waals surface area contributed by atoms with Gasteiger partial charge in [-0.25, -0.2) is 4.39 Å². The summed E-state index contributed by atoms with van der Waals surface area (Å²) in [5.41, 5.74) is 2.35. The Labute approximate surface area is 160 Å². The third-order valence-electron chi connectivity index (χ3n) is 3.92. The summed E-state index contributed by atoms with van der Waals surface area (Å²) in [6, 6.07) is 2.93. The smallest absolute Gasteiger partial charge is 0.329 e. The van der Waals surface area contributed by atoms with Gasteiger partial charge in [-0.1, -0.05) is 39.0 Å². The van der Waals surface area contributed by atoms with Gasteiger partial charge in [-0.05, 0) is 40.7 Å². The number of rotatable bonds is 7. The maximum Gasteiger partial charge on any atom is 0.329 e. The molecule has 2 rings (SSSR count). The van der Waals surface area contributed by atoms with Crippen LogP contribution in [0.5, 0.6) is 0 Å². The summed E-state index contributed by atoms with van der Waals surface area (Å²) in [4.78, 5) is 17.0. The summed E-state index contributed by atoms with van der Waals surface area (Å²) in [6.07, 6.45) is 1.45. The molecule has 1 amide bonds. The van der Waals surface area contributed by atoms with Crippen molar-refractivity contribution in [3.8, 4) is 0 Å². The highest BCUT2D eigenvalue weighted by Crippen LogP contribution is 2.29. The average molecular weight is 399 g/mol. The van der Waals surface area contributed by atoms with Crippen LogP contribution in [0, 0.1) is 5.82 Å². The molecule has 0 fully saturated rings. The number of nitrogens with zero attached hydrogens (tertiary/aromatic N) is 1. The van der Waals surface area contributed by atoms with E-state index in [0.29, 0.717) is 4.88 Å². The van der Waals surface area contributed by atoms with E-state index in [9.17, 15) is 13.7 Å². The number of carbonyl (C=O) groups excluding carboxylic acids is 1. The van der Waals surface area contributed by atoms with Crippen molar-refractivity contribution in [1.82, 2.24) is 9.71 Å². The van der Waals surface area contributed by atoms with Crippen LogP contribution in [0.2, 0.25) is 0 Å². The molecule has 2 aromatic rings. The predicted molar refractivity (Wildman–Crippen MR) is 101 cm³/mol. The molecule has 0 aliphatic rings. The Morgan fingerprint density at radius 3 is 2.35 bits per heavy atom. The van der Waals surface area contributed by atoms with Crippen LogP contribution in [-0.2, 0) is 29.2 Å². The zero-order chi connectivity index (χ0) is 19.4. The second-order valence-electron chi connectivity index (χ2n) is 6.59. The molecular weight excluding hydrogens is 375 g/mol. The number of aliphatic hydroxyl groups excluding tert-OH is 1. The summed E-state index contributed by atoms with van der Waals surface area (Å²) in [6.45, 7) is 7.61. The molecule has 0 saturated carbocycles. The number of carbonyl (C=O) groups is 1. The van der Waals surface area contributed by atoms with E-state index in [4.69, 9.17) is 5.11 Å². The van der Waals surface area contributed by atoms with E-state index in [1.165, 1.54) is 18.3 Å². The highest BCUT2D eigenvalue weighted by Gasteiger charge is 2.23. The van der Waals surface area contributed by atoms with Gasteiger partial charge in [0.05, 0.1) is 17.9 Å². The average Bonchev–Trinajstić information content (AvgIpc) is 3.04. The first-order valence-corrected chi connectivity index (χ1v) is 10.3. The molecule has 0 aliphatic heterocycles. The van der Waals surface area contributed by atoms with Gasteiger partial charge >= 0.3 is 4.34 Å². The van der Waals surface area contributed by atoms with E-state index in [-0.39, 0.29) is 35.0 Å². The van der Waals surface area contributed by atoms with Crippen LogP contribution in [0.15, 0.2) is 22.7 Å². The van der Waals surface area contributed by atoms with E-state index in [1.54, 1.807) is 0 Å². The van der Waals surface area contributed by atoms with Crippen molar-refractivity contribution in [3.05, 3.63) is 45.7 Å². The van der Waals surface area contributed by atoms with E-state index >= 15 is 0 Å². The van der Waals surface area contributed by atoms with Gasteiger partial charge in [0.2, 0.25) is 0 Å². The minimum absolute atomic E-state index is 0.0191. The number of hydrogen-bond acceptors (Lipinski definition) is 5. The number of benzene rings is 1. The van der Waals surface area contributed by atoms with Gasteiger partial charge in [0, 0.05) is 6.20 Å². The predicted octanol–water partition coefficient (Wildman–Crippen LogP) is 3.40. The monoisotopic (exact) mass is 398 g/mol.